The normalized spacial score (nSPS) is 14.8. The van der Waals surface area contributed by atoms with Crippen LogP contribution < -0.4 is 5.32 Å². The Hall–Kier alpha value is -2.82. The fourth-order valence-electron chi connectivity index (χ4n) is 3.73. The molecular weight excluding hydrogens is 364 g/mol. The molecule has 5 nitrogen and oxygen atoms in total. The summed E-state index contributed by atoms with van der Waals surface area (Å²) in [4.78, 5) is 24.6. The van der Waals surface area contributed by atoms with Gasteiger partial charge in [0.1, 0.15) is 0 Å². The summed E-state index contributed by atoms with van der Waals surface area (Å²) in [5.74, 6) is -0.750. The van der Waals surface area contributed by atoms with Crippen LogP contribution in [0.15, 0.2) is 48.0 Å². The molecule has 1 N–H and O–H groups in total. The van der Waals surface area contributed by atoms with E-state index in [0.29, 0.717) is 12.1 Å². The minimum atomic E-state index is -0.823. The maximum atomic E-state index is 12.4. The van der Waals surface area contributed by atoms with Gasteiger partial charge in [0, 0.05) is 23.6 Å². The number of benzene rings is 1. The van der Waals surface area contributed by atoms with Crippen molar-refractivity contribution in [2.75, 3.05) is 6.54 Å². The third-order valence-electron chi connectivity index (χ3n) is 5.42. The van der Waals surface area contributed by atoms with E-state index in [-0.39, 0.29) is 5.91 Å². The van der Waals surface area contributed by atoms with Crippen molar-refractivity contribution in [3.63, 3.8) is 0 Å². The lowest BCUT2D eigenvalue weighted by Crippen LogP contribution is -2.36. The molecule has 2 aromatic rings. The molecule has 0 bridgehead atoms. The maximum Gasteiger partial charge on any atom is 0.338 e. The molecule has 1 heterocycles. The Morgan fingerprint density at radius 2 is 1.76 bits per heavy atom. The summed E-state index contributed by atoms with van der Waals surface area (Å²) < 4.78 is 7.46. The maximum absolute atomic E-state index is 12.4. The van der Waals surface area contributed by atoms with E-state index in [0.717, 1.165) is 36.3 Å². The molecule has 1 amide bonds. The van der Waals surface area contributed by atoms with Gasteiger partial charge in [-0.25, -0.2) is 4.79 Å². The quantitative estimate of drug-likeness (QED) is 0.549. The molecular formula is C24H30N2O3. The van der Waals surface area contributed by atoms with Crippen molar-refractivity contribution in [2.24, 2.45) is 0 Å². The van der Waals surface area contributed by atoms with Crippen LogP contribution >= 0.6 is 0 Å². The third-order valence-corrected chi connectivity index (χ3v) is 5.42. The van der Waals surface area contributed by atoms with Crippen LogP contribution in [-0.2, 0) is 9.53 Å². The summed E-state index contributed by atoms with van der Waals surface area (Å²) in [6.07, 6.45) is 7.07. The van der Waals surface area contributed by atoms with Crippen LogP contribution in [0.2, 0.25) is 0 Å². The summed E-state index contributed by atoms with van der Waals surface area (Å²) in [5, 5.41) is 2.87. The monoisotopic (exact) mass is 394 g/mol. The Balaban J connectivity index is 1.51. The summed E-state index contributed by atoms with van der Waals surface area (Å²) in [6, 6.07) is 11.4. The smallest absolute Gasteiger partial charge is 0.338 e. The van der Waals surface area contributed by atoms with Crippen molar-refractivity contribution in [3.8, 4) is 5.69 Å². The standard InChI is InChI=1S/C24H30N2O3/c1-17-9-10-18(2)26(17)22-13-11-21(12-14-22)24(28)29-19(3)23(27)25-16-15-20-7-5-4-6-8-20/h7,9-14,19H,4-6,8,15-16H2,1-3H3,(H,25,27)/t19-/m0/s1. The zero-order valence-electron chi connectivity index (χ0n) is 17.5. The predicted octanol–water partition coefficient (Wildman–Crippen LogP) is 4.65. The molecule has 0 fully saturated rings. The molecule has 0 saturated carbocycles. The van der Waals surface area contributed by atoms with E-state index in [2.05, 4.69) is 28.1 Å². The molecule has 0 saturated heterocycles. The third kappa shape index (κ3) is 5.37. The molecule has 0 radical (unpaired) electrons. The Labute approximate surface area is 172 Å². The number of carbonyl (C=O) groups excluding carboxylic acids is 2. The fourth-order valence-corrected chi connectivity index (χ4v) is 3.73. The number of hydrogen-bond acceptors (Lipinski definition) is 3. The number of nitrogens with one attached hydrogen (secondary N) is 1. The highest BCUT2D eigenvalue weighted by atomic mass is 16.5. The average Bonchev–Trinajstić information content (AvgIpc) is 3.06. The van der Waals surface area contributed by atoms with Gasteiger partial charge in [0.25, 0.3) is 5.91 Å². The molecule has 0 spiro atoms. The lowest BCUT2D eigenvalue weighted by atomic mass is 9.97. The van der Waals surface area contributed by atoms with Gasteiger partial charge in [-0.2, -0.15) is 0 Å². The number of allylic oxidation sites excluding steroid dienone is 1. The number of esters is 1. The van der Waals surface area contributed by atoms with E-state index in [1.165, 1.54) is 18.4 Å². The zero-order valence-corrected chi connectivity index (χ0v) is 17.5. The number of carbonyl (C=O) groups is 2. The van der Waals surface area contributed by atoms with Crippen molar-refractivity contribution < 1.29 is 14.3 Å². The van der Waals surface area contributed by atoms with E-state index < -0.39 is 12.1 Å². The van der Waals surface area contributed by atoms with Crippen molar-refractivity contribution >= 4 is 11.9 Å². The van der Waals surface area contributed by atoms with E-state index in [4.69, 9.17) is 4.74 Å². The Morgan fingerprint density at radius 3 is 2.38 bits per heavy atom. The molecule has 29 heavy (non-hydrogen) atoms. The van der Waals surface area contributed by atoms with E-state index in [1.807, 2.05) is 26.0 Å². The van der Waals surface area contributed by atoms with Gasteiger partial charge in [-0.3, -0.25) is 4.79 Å². The largest absolute Gasteiger partial charge is 0.449 e. The Bertz CT molecular complexity index is 874. The molecule has 5 heteroatoms. The number of aryl methyl sites for hydroxylation is 2. The number of aromatic nitrogens is 1. The van der Waals surface area contributed by atoms with Gasteiger partial charge < -0.3 is 14.6 Å². The molecule has 1 aliphatic carbocycles. The first kappa shape index (κ1) is 20.9. The minimum absolute atomic E-state index is 0.259. The molecule has 1 aliphatic rings. The highest BCUT2D eigenvalue weighted by Crippen LogP contribution is 2.20. The second-order valence-electron chi connectivity index (χ2n) is 7.70. The van der Waals surface area contributed by atoms with Gasteiger partial charge in [0.15, 0.2) is 6.10 Å². The number of nitrogens with zero attached hydrogens (tertiary/aromatic N) is 1. The fraction of sp³-hybridized carbons (Fsp3) is 0.417. The van der Waals surface area contributed by atoms with Crippen molar-refractivity contribution in [1.82, 2.24) is 9.88 Å². The molecule has 1 aromatic heterocycles. The second-order valence-corrected chi connectivity index (χ2v) is 7.70. The SMILES string of the molecule is Cc1ccc(C)n1-c1ccc(C(=O)O[C@@H](C)C(=O)NCCC2=CCCCC2)cc1. The van der Waals surface area contributed by atoms with Crippen LogP contribution in [-0.4, -0.2) is 29.1 Å². The highest BCUT2D eigenvalue weighted by molar-refractivity contribution is 5.92. The summed E-state index contributed by atoms with van der Waals surface area (Å²) in [6.45, 7) is 6.27. The molecule has 0 aliphatic heterocycles. The highest BCUT2D eigenvalue weighted by Gasteiger charge is 2.19. The second kappa shape index (κ2) is 9.59. The van der Waals surface area contributed by atoms with Crippen molar-refractivity contribution in [3.05, 3.63) is 65.0 Å². The van der Waals surface area contributed by atoms with Gasteiger partial charge >= 0.3 is 5.97 Å². The number of hydrogen-bond donors (Lipinski definition) is 1. The summed E-state index contributed by atoms with van der Waals surface area (Å²) in [7, 11) is 0. The molecule has 0 unspecified atom stereocenters. The van der Waals surface area contributed by atoms with Crippen LogP contribution in [0, 0.1) is 13.8 Å². The van der Waals surface area contributed by atoms with Crippen LogP contribution in [0.3, 0.4) is 0 Å². The number of rotatable bonds is 7. The van der Waals surface area contributed by atoms with Crippen LogP contribution in [0.5, 0.6) is 0 Å². The Morgan fingerprint density at radius 1 is 1.07 bits per heavy atom. The topological polar surface area (TPSA) is 60.3 Å². The lowest BCUT2D eigenvalue weighted by molar-refractivity contribution is -0.129. The van der Waals surface area contributed by atoms with Crippen LogP contribution in [0.1, 0.15) is 60.8 Å². The summed E-state index contributed by atoms with van der Waals surface area (Å²) in [5.41, 5.74) is 5.10. The zero-order chi connectivity index (χ0) is 20.8. The number of ether oxygens (including phenoxy) is 1. The first-order valence-corrected chi connectivity index (χ1v) is 10.4. The molecule has 154 valence electrons. The van der Waals surface area contributed by atoms with Gasteiger partial charge in [0.2, 0.25) is 0 Å². The molecule has 1 atom stereocenters. The Kier molecular flexibility index (Phi) is 6.91. The van der Waals surface area contributed by atoms with Gasteiger partial charge in [-0.05, 0) is 89.3 Å². The molecule has 1 aromatic carbocycles. The van der Waals surface area contributed by atoms with Crippen molar-refractivity contribution in [1.29, 1.82) is 0 Å². The van der Waals surface area contributed by atoms with Crippen molar-refractivity contribution in [2.45, 2.75) is 59.0 Å². The van der Waals surface area contributed by atoms with E-state index in [9.17, 15) is 9.59 Å². The lowest BCUT2D eigenvalue weighted by Gasteiger charge is -2.16. The average molecular weight is 395 g/mol. The van der Waals surface area contributed by atoms with Gasteiger partial charge in [-0.15, -0.1) is 0 Å². The van der Waals surface area contributed by atoms with Crippen LogP contribution in [0.25, 0.3) is 5.69 Å². The predicted molar refractivity (Wildman–Crippen MR) is 114 cm³/mol. The number of amides is 1. The first-order chi connectivity index (χ1) is 14.0. The van der Waals surface area contributed by atoms with E-state index >= 15 is 0 Å². The first-order valence-electron chi connectivity index (χ1n) is 10.4. The van der Waals surface area contributed by atoms with Crippen LogP contribution in [0.4, 0.5) is 0 Å². The minimum Gasteiger partial charge on any atom is -0.449 e. The molecule has 3 rings (SSSR count). The van der Waals surface area contributed by atoms with E-state index in [1.54, 1.807) is 19.1 Å². The summed E-state index contributed by atoms with van der Waals surface area (Å²) >= 11 is 0. The van der Waals surface area contributed by atoms with Gasteiger partial charge in [-0.1, -0.05) is 11.6 Å². The van der Waals surface area contributed by atoms with Gasteiger partial charge in [0.05, 0.1) is 5.56 Å².